The topological polar surface area (TPSA) is 85.8 Å². The van der Waals surface area contributed by atoms with Crippen molar-refractivity contribution in [2.75, 3.05) is 26.2 Å². The molecular formula is C20H24N4O3. The quantitative estimate of drug-likeness (QED) is 0.809. The van der Waals surface area contributed by atoms with Gasteiger partial charge in [-0.2, -0.15) is 0 Å². The van der Waals surface area contributed by atoms with E-state index in [0.717, 1.165) is 30.8 Å². The standard InChI is InChI=1S/C20H24N4O3/c25-19(26)18(13-16-5-2-1-3-6-16)22-20(27)24-11-9-23(10-12-24)15-17-7-4-8-21-14-17/h1-8,14,18H,9-13,15H2,(H,22,27)(H,25,26)/t18-/m0/s1. The lowest BCUT2D eigenvalue weighted by atomic mass is 10.1. The Bertz CT molecular complexity index is 746. The van der Waals surface area contributed by atoms with Gasteiger partial charge >= 0.3 is 12.0 Å². The number of aromatic nitrogens is 1. The van der Waals surface area contributed by atoms with E-state index >= 15 is 0 Å². The first-order valence-corrected chi connectivity index (χ1v) is 9.05. The molecule has 0 unspecified atom stereocenters. The number of rotatable bonds is 6. The first-order valence-electron chi connectivity index (χ1n) is 9.05. The lowest BCUT2D eigenvalue weighted by Crippen LogP contribution is -2.54. The number of piperazine rings is 1. The number of amides is 2. The van der Waals surface area contributed by atoms with Gasteiger partial charge in [-0.25, -0.2) is 9.59 Å². The average molecular weight is 368 g/mol. The molecule has 27 heavy (non-hydrogen) atoms. The molecule has 1 saturated heterocycles. The largest absolute Gasteiger partial charge is 0.480 e. The van der Waals surface area contributed by atoms with E-state index in [-0.39, 0.29) is 12.5 Å². The maximum absolute atomic E-state index is 12.5. The van der Waals surface area contributed by atoms with E-state index in [1.54, 1.807) is 11.1 Å². The van der Waals surface area contributed by atoms with Gasteiger partial charge in [0.15, 0.2) is 0 Å². The zero-order valence-corrected chi connectivity index (χ0v) is 15.1. The number of pyridine rings is 1. The highest BCUT2D eigenvalue weighted by molar-refractivity contribution is 5.82. The van der Waals surface area contributed by atoms with Crippen LogP contribution in [0.5, 0.6) is 0 Å². The highest BCUT2D eigenvalue weighted by Gasteiger charge is 2.26. The molecule has 2 N–H and O–H groups in total. The summed E-state index contributed by atoms with van der Waals surface area (Å²) in [6, 6.07) is 12.0. The van der Waals surface area contributed by atoms with Gasteiger partial charge in [-0.15, -0.1) is 0 Å². The van der Waals surface area contributed by atoms with Gasteiger partial charge in [-0.05, 0) is 17.2 Å². The molecule has 142 valence electrons. The highest BCUT2D eigenvalue weighted by Crippen LogP contribution is 2.09. The van der Waals surface area contributed by atoms with Crippen LogP contribution in [-0.4, -0.2) is 64.1 Å². The van der Waals surface area contributed by atoms with Gasteiger partial charge in [0.25, 0.3) is 0 Å². The molecule has 0 aliphatic carbocycles. The van der Waals surface area contributed by atoms with Gasteiger partial charge in [-0.1, -0.05) is 36.4 Å². The molecule has 1 atom stereocenters. The fourth-order valence-corrected chi connectivity index (χ4v) is 3.15. The molecule has 3 rings (SSSR count). The maximum Gasteiger partial charge on any atom is 0.326 e. The summed E-state index contributed by atoms with van der Waals surface area (Å²) in [5.41, 5.74) is 2.02. The third-order valence-electron chi connectivity index (χ3n) is 4.67. The molecule has 1 fully saturated rings. The van der Waals surface area contributed by atoms with E-state index in [2.05, 4.69) is 15.2 Å². The summed E-state index contributed by atoms with van der Waals surface area (Å²) in [6.45, 7) is 3.44. The van der Waals surface area contributed by atoms with Crippen LogP contribution >= 0.6 is 0 Å². The molecule has 1 aromatic heterocycles. The second-order valence-electron chi connectivity index (χ2n) is 6.65. The van der Waals surface area contributed by atoms with Crippen molar-refractivity contribution in [2.45, 2.75) is 19.0 Å². The fraction of sp³-hybridized carbons (Fsp3) is 0.350. The zero-order chi connectivity index (χ0) is 19.1. The maximum atomic E-state index is 12.5. The van der Waals surface area contributed by atoms with Crippen LogP contribution in [0, 0.1) is 0 Å². The van der Waals surface area contributed by atoms with Gasteiger partial charge in [0.05, 0.1) is 0 Å². The number of carboxylic acids is 1. The molecule has 2 aromatic rings. The molecule has 0 spiro atoms. The molecule has 0 saturated carbocycles. The minimum atomic E-state index is -1.03. The monoisotopic (exact) mass is 368 g/mol. The van der Waals surface area contributed by atoms with E-state index in [1.165, 1.54) is 0 Å². The lowest BCUT2D eigenvalue weighted by molar-refractivity contribution is -0.139. The minimum absolute atomic E-state index is 0.267. The number of hydrogen-bond acceptors (Lipinski definition) is 4. The normalized spacial score (nSPS) is 15.9. The predicted octanol–water partition coefficient (Wildman–Crippen LogP) is 1.60. The van der Waals surface area contributed by atoms with Crippen LogP contribution in [-0.2, 0) is 17.8 Å². The highest BCUT2D eigenvalue weighted by atomic mass is 16.4. The summed E-state index contributed by atoms with van der Waals surface area (Å²) in [5.74, 6) is -1.03. The third-order valence-corrected chi connectivity index (χ3v) is 4.67. The number of aliphatic carboxylic acids is 1. The summed E-state index contributed by atoms with van der Waals surface area (Å²) in [5, 5.41) is 12.1. The van der Waals surface area contributed by atoms with E-state index in [0.29, 0.717) is 13.1 Å². The lowest BCUT2D eigenvalue weighted by Gasteiger charge is -2.35. The molecule has 7 heteroatoms. The third kappa shape index (κ3) is 5.52. The molecule has 0 radical (unpaired) electrons. The van der Waals surface area contributed by atoms with E-state index in [1.807, 2.05) is 48.7 Å². The Morgan fingerprint density at radius 2 is 1.74 bits per heavy atom. The SMILES string of the molecule is O=C(O)[C@H](Cc1ccccc1)NC(=O)N1CCN(Cc2cccnc2)CC1. The van der Waals surface area contributed by atoms with E-state index < -0.39 is 12.0 Å². The van der Waals surface area contributed by atoms with Crippen molar-refractivity contribution < 1.29 is 14.7 Å². The Balaban J connectivity index is 1.49. The molecule has 0 bridgehead atoms. The summed E-state index contributed by atoms with van der Waals surface area (Å²) in [6.07, 6.45) is 3.86. The number of benzene rings is 1. The number of nitrogens with zero attached hydrogens (tertiary/aromatic N) is 3. The van der Waals surface area contributed by atoms with Gasteiger partial charge in [0.1, 0.15) is 6.04 Å². The smallest absolute Gasteiger partial charge is 0.326 e. The number of nitrogens with one attached hydrogen (secondary N) is 1. The Morgan fingerprint density at radius 1 is 1.04 bits per heavy atom. The van der Waals surface area contributed by atoms with Crippen molar-refractivity contribution in [2.24, 2.45) is 0 Å². The Labute approximate surface area is 158 Å². The van der Waals surface area contributed by atoms with Crippen LogP contribution in [0.4, 0.5) is 4.79 Å². The van der Waals surface area contributed by atoms with Crippen molar-refractivity contribution in [3.8, 4) is 0 Å². The number of hydrogen-bond donors (Lipinski definition) is 2. The van der Waals surface area contributed by atoms with Crippen LogP contribution in [0.1, 0.15) is 11.1 Å². The van der Waals surface area contributed by atoms with Crippen LogP contribution in [0.2, 0.25) is 0 Å². The van der Waals surface area contributed by atoms with Gasteiger partial charge in [-0.3, -0.25) is 9.88 Å². The van der Waals surface area contributed by atoms with E-state index in [4.69, 9.17) is 0 Å². The van der Waals surface area contributed by atoms with Gasteiger partial charge in [0, 0.05) is 51.5 Å². The molecule has 7 nitrogen and oxygen atoms in total. The second kappa shape index (κ2) is 9.14. The van der Waals surface area contributed by atoms with Crippen LogP contribution in [0.15, 0.2) is 54.9 Å². The van der Waals surface area contributed by atoms with Crippen LogP contribution in [0.3, 0.4) is 0 Å². The molecule has 1 aromatic carbocycles. The Kier molecular flexibility index (Phi) is 6.38. The van der Waals surface area contributed by atoms with Gasteiger partial charge in [0.2, 0.25) is 0 Å². The van der Waals surface area contributed by atoms with Crippen molar-refractivity contribution in [3.63, 3.8) is 0 Å². The summed E-state index contributed by atoms with van der Waals surface area (Å²) < 4.78 is 0. The van der Waals surface area contributed by atoms with Crippen molar-refractivity contribution in [1.82, 2.24) is 20.1 Å². The number of urea groups is 1. The average Bonchev–Trinajstić information content (AvgIpc) is 2.69. The number of carboxylic acid groups (broad SMARTS) is 1. The first-order chi connectivity index (χ1) is 13.1. The first kappa shape index (κ1) is 18.8. The molecule has 1 aliphatic heterocycles. The van der Waals surface area contributed by atoms with Crippen LogP contribution in [0.25, 0.3) is 0 Å². The Morgan fingerprint density at radius 3 is 2.37 bits per heavy atom. The fourth-order valence-electron chi connectivity index (χ4n) is 3.15. The predicted molar refractivity (Wildman–Crippen MR) is 101 cm³/mol. The Hall–Kier alpha value is -2.93. The molecule has 2 amide bonds. The van der Waals surface area contributed by atoms with Crippen LogP contribution < -0.4 is 5.32 Å². The summed E-state index contributed by atoms with van der Waals surface area (Å²) in [4.78, 5) is 32.1. The number of carbonyl (C=O) groups excluding carboxylic acids is 1. The van der Waals surface area contributed by atoms with Crippen molar-refractivity contribution in [1.29, 1.82) is 0 Å². The summed E-state index contributed by atoms with van der Waals surface area (Å²) >= 11 is 0. The van der Waals surface area contributed by atoms with E-state index in [9.17, 15) is 14.7 Å². The molecule has 2 heterocycles. The number of carbonyl (C=O) groups is 2. The van der Waals surface area contributed by atoms with Gasteiger partial charge < -0.3 is 15.3 Å². The van der Waals surface area contributed by atoms with Crippen molar-refractivity contribution in [3.05, 3.63) is 66.0 Å². The zero-order valence-electron chi connectivity index (χ0n) is 15.1. The second-order valence-corrected chi connectivity index (χ2v) is 6.65. The molecular weight excluding hydrogens is 344 g/mol. The summed E-state index contributed by atoms with van der Waals surface area (Å²) in [7, 11) is 0. The van der Waals surface area contributed by atoms with Crippen molar-refractivity contribution >= 4 is 12.0 Å². The molecule has 1 aliphatic rings. The minimum Gasteiger partial charge on any atom is -0.480 e.